The minimum absolute atomic E-state index is 0.221. The van der Waals surface area contributed by atoms with Crippen molar-refractivity contribution in [3.63, 3.8) is 0 Å². The molecule has 1 aromatic rings. The maximum absolute atomic E-state index is 6.23. The van der Waals surface area contributed by atoms with E-state index in [-0.39, 0.29) is 12.2 Å². The third kappa shape index (κ3) is 3.05. The van der Waals surface area contributed by atoms with E-state index in [2.05, 4.69) is 9.88 Å². The first-order chi connectivity index (χ1) is 10.9. The Bertz CT molecular complexity index is 477. The second-order valence-electron chi connectivity index (χ2n) is 7.00. The molecule has 4 nitrogen and oxygen atoms in total. The van der Waals surface area contributed by atoms with Crippen molar-refractivity contribution < 1.29 is 9.47 Å². The van der Waals surface area contributed by atoms with Crippen LogP contribution in [0.4, 0.5) is 0 Å². The average molecular weight is 302 g/mol. The minimum atomic E-state index is 0.221. The van der Waals surface area contributed by atoms with E-state index in [0.717, 1.165) is 19.1 Å². The van der Waals surface area contributed by atoms with Gasteiger partial charge in [-0.2, -0.15) is 0 Å². The van der Waals surface area contributed by atoms with Crippen LogP contribution in [-0.4, -0.2) is 47.8 Å². The van der Waals surface area contributed by atoms with Gasteiger partial charge in [0.2, 0.25) is 0 Å². The molecule has 4 rings (SSSR count). The van der Waals surface area contributed by atoms with Crippen LogP contribution in [0.2, 0.25) is 0 Å². The number of aromatic nitrogens is 1. The van der Waals surface area contributed by atoms with Crippen molar-refractivity contribution in [1.82, 2.24) is 9.88 Å². The zero-order valence-electron chi connectivity index (χ0n) is 13.2. The number of fused-ring (bicyclic) bond motifs is 1. The molecule has 3 heterocycles. The summed E-state index contributed by atoms with van der Waals surface area (Å²) in [5.41, 5.74) is 1.19. The van der Waals surface area contributed by atoms with Crippen LogP contribution in [0.5, 0.6) is 0 Å². The number of ether oxygens (including phenoxy) is 2. The Balaban J connectivity index is 1.38. The molecular weight excluding hydrogens is 276 g/mol. The van der Waals surface area contributed by atoms with Crippen LogP contribution in [-0.2, 0) is 16.1 Å². The van der Waals surface area contributed by atoms with Gasteiger partial charge in [-0.15, -0.1) is 0 Å². The maximum atomic E-state index is 6.23. The lowest BCUT2D eigenvalue weighted by atomic mass is 9.85. The quantitative estimate of drug-likeness (QED) is 0.837. The molecule has 0 N–H and O–H groups in total. The first-order valence-corrected chi connectivity index (χ1v) is 8.76. The fraction of sp³-hybridized carbons (Fsp3) is 0.722. The van der Waals surface area contributed by atoms with E-state index in [4.69, 9.17) is 9.47 Å². The molecule has 3 atom stereocenters. The number of nitrogens with zero attached hydrogens (tertiary/aromatic N) is 2. The van der Waals surface area contributed by atoms with Crippen LogP contribution in [0.25, 0.3) is 0 Å². The molecule has 1 aliphatic carbocycles. The van der Waals surface area contributed by atoms with Gasteiger partial charge in [-0.1, -0.05) is 6.42 Å². The van der Waals surface area contributed by atoms with Gasteiger partial charge in [-0.3, -0.25) is 9.88 Å². The van der Waals surface area contributed by atoms with Crippen molar-refractivity contribution in [1.29, 1.82) is 0 Å². The number of rotatable bonds is 5. The van der Waals surface area contributed by atoms with Gasteiger partial charge in [-0.25, -0.2) is 0 Å². The van der Waals surface area contributed by atoms with Gasteiger partial charge < -0.3 is 9.47 Å². The fourth-order valence-corrected chi connectivity index (χ4v) is 4.05. The number of likely N-dealkylation sites (tertiary alicyclic amines) is 1. The van der Waals surface area contributed by atoms with Crippen LogP contribution < -0.4 is 0 Å². The van der Waals surface area contributed by atoms with Gasteiger partial charge >= 0.3 is 0 Å². The molecule has 2 saturated heterocycles. The Morgan fingerprint density at radius 2 is 2.05 bits per heavy atom. The molecule has 0 aromatic carbocycles. The standard InChI is InChI=1S/C18H26N2O2/c1-3-14(4-1)11-20-12-17(18-16(20)5-2-10-21-18)22-13-15-6-8-19-9-7-15/h6-9,14,16-18H,1-5,10-13H2/t16-,17+,18+/m0/s1. The molecule has 120 valence electrons. The Morgan fingerprint density at radius 3 is 2.82 bits per heavy atom. The molecule has 0 spiro atoms. The summed E-state index contributed by atoms with van der Waals surface area (Å²) >= 11 is 0. The minimum Gasteiger partial charge on any atom is -0.374 e. The molecule has 1 aromatic heterocycles. The predicted molar refractivity (Wildman–Crippen MR) is 84.5 cm³/mol. The highest BCUT2D eigenvalue weighted by Crippen LogP contribution is 2.35. The molecule has 3 aliphatic rings. The summed E-state index contributed by atoms with van der Waals surface area (Å²) in [6.45, 7) is 3.85. The smallest absolute Gasteiger partial charge is 0.100 e. The molecule has 1 saturated carbocycles. The van der Waals surface area contributed by atoms with Crippen LogP contribution in [0.1, 0.15) is 37.7 Å². The zero-order valence-corrected chi connectivity index (χ0v) is 13.2. The van der Waals surface area contributed by atoms with E-state index in [1.54, 1.807) is 0 Å². The molecular formula is C18H26N2O2. The molecule has 0 bridgehead atoms. The zero-order chi connectivity index (χ0) is 14.8. The molecule has 0 unspecified atom stereocenters. The van der Waals surface area contributed by atoms with Gasteiger partial charge in [0.15, 0.2) is 0 Å². The van der Waals surface area contributed by atoms with E-state index in [0.29, 0.717) is 12.6 Å². The largest absolute Gasteiger partial charge is 0.374 e. The molecule has 22 heavy (non-hydrogen) atoms. The van der Waals surface area contributed by atoms with Crippen LogP contribution in [0.3, 0.4) is 0 Å². The summed E-state index contributed by atoms with van der Waals surface area (Å²) in [6.07, 6.45) is 10.9. The summed E-state index contributed by atoms with van der Waals surface area (Å²) in [4.78, 5) is 6.72. The normalized spacial score (nSPS) is 32.6. The SMILES string of the molecule is c1cc(CO[C@@H]2CN(CC3CCC3)[C@H]3CCCO[C@@H]23)ccn1. The summed E-state index contributed by atoms with van der Waals surface area (Å²) in [5, 5.41) is 0. The topological polar surface area (TPSA) is 34.6 Å². The predicted octanol–water partition coefficient (Wildman–Crippen LogP) is 2.63. The van der Waals surface area contributed by atoms with E-state index in [1.165, 1.54) is 44.2 Å². The van der Waals surface area contributed by atoms with Crippen molar-refractivity contribution in [2.75, 3.05) is 19.7 Å². The number of pyridine rings is 1. The highest BCUT2D eigenvalue weighted by atomic mass is 16.5. The molecule has 2 aliphatic heterocycles. The Morgan fingerprint density at radius 1 is 1.18 bits per heavy atom. The van der Waals surface area contributed by atoms with E-state index in [1.807, 2.05) is 24.5 Å². The van der Waals surface area contributed by atoms with Crippen LogP contribution in [0.15, 0.2) is 24.5 Å². The number of hydrogen-bond donors (Lipinski definition) is 0. The summed E-state index contributed by atoms with van der Waals surface area (Å²) in [5.74, 6) is 0.918. The first kappa shape index (κ1) is 14.6. The van der Waals surface area contributed by atoms with Gasteiger partial charge in [0, 0.05) is 38.1 Å². The molecule has 4 heteroatoms. The first-order valence-electron chi connectivity index (χ1n) is 8.76. The summed E-state index contributed by atoms with van der Waals surface area (Å²) in [6, 6.07) is 4.64. The van der Waals surface area contributed by atoms with Crippen molar-refractivity contribution in [2.24, 2.45) is 5.92 Å². The van der Waals surface area contributed by atoms with Crippen molar-refractivity contribution >= 4 is 0 Å². The Kier molecular flexibility index (Phi) is 4.42. The highest BCUT2D eigenvalue weighted by molar-refractivity contribution is 5.08. The lowest BCUT2D eigenvalue weighted by Gasteiger charge is -2.36. The van der Waals surface area contributed by atoms with Crippen LogP contribution in [0, 0.1) is 5.92 Å². The Labute approximate surface area is 132 Å². The summed E-state index contributed by atoms with van der Waals surface area (Å²) in [7, 11) is 0. The van der Waals surface area contributed by atoms with E-state index in [9.17, 15) is 0 Å². The second kappa shape index (κ2) is 6.65. The maximum Gasteiger partial charge on any atom is 0.100 e. The monoisotopic (exact) mass is 302 g/mol. The van der Waals surface area contributed by atoms with Crippen LogP contribution >= 0.6 is 0 Å². The molecule has 0 radical (unpaired) electrons. The lowest BCUT2D eigenvalue weighted by molar-refractivity contribution is -0.0821. The second-order valence-corrected chi connectivity index (χ2v) is 7.00. The third-order valence-electron chi connectivity index (χ3n) is 5.51. The third-order valence-corrected chi connectivity index (χ3v) is 5.51. The molecule has 3 fully saturated rings. The summed E-state index contributed by atoms with van der Waals surface area (Å²) < 4.78 is 12.3. The fourth-order valence-electron chi connectivity index (χ4n) is 4.05. The van der Waals surface area contributed by atoms with E-state index >= 15 is 0 Å². The van der Waals surface area contributed by atoms with Gasteiger partial charge in [0.25, 0.3) is 0 Å². The average Bonchev–Trinajstić information content (AvgIpc) is 2.88. The number of hydrogen-bond acceptors (Lipinski definition) is 4. The highest BCUT2D eigenvalue weighted by Gasteiger charge is 2.45. The van der Waals surface area contributed by atoms with Gasteiger partial charge in [-0.05, 0) is 49.3 Å². The van der Waals surface area contributed by atoms with Crippen molar-refractivity contribution in [3.05, 3.63) is 30.1 Å². The Hall–Kier alpha value is -0.970. The van der Waals surface area contributed by atoms with Gasteiger partial charge in [0.05, 0.1) is 12.7 Å². The van der Waals surface area contributed by atoms with E-state index < -0.39 is 0 Å². The van der Waals surface area contributed by atoms with Gasteiger partial charge in [0.1, 0.15) is 6.10 Å². The van der Waals surface area contributed by atoms with Crippen molar-refractivity contribution in [2.45, 2.75) is 57.0 Å². The van der Waals surface area contributed by atoms with Crippen molar-refractivity contribution in [3.8, 4) is 0 Å². The lowest BCUT2D eigenvalue weighted by Crippen LogP contribution is -2.43. The molecule has 0 amide bonds.